The molecule has 2 aromatic carbocycles. The number of para-hydroxylation sites is 1. The molecule has 0 aliphatic rings. The van der Waals surface area contributed by atoms with E-state index in [2.05, 4.69) is 10.6 Å². The van der Waals surface area contributed by atoms with E-state index in [0.29, 0.717) is 5.02 Å². The first-order chi connectivity index (χ1) is 11.5. The van der Waals surface area contributed by atoms with Crippen LogP contribution in [0.15, 0.2) is 42.5 Å². The van der Waals surface area contributed by atoms with Gasteiger partial charge in [0.2, 0.25) is 11.8 Å². The van der Waals surface area contributed by atoms with Crippen LogP contribution in [0.5, 0.6) is 0 Å². The Labute approximate surface area is 147 Å². The molecule has 126 valence electrons. The lowest BCUT2D eigenvalue weighted by molar-refractivity contribution is -0.123. The third kappa shape index (κ3) is 5.10. The zero-order valence-corrected chi connectivity index (χ0v) is 14.6. The molecule has 2 N–H and O–H groups in total. The van der Waals surface area contributed by atoms with Crippen molar-refractivity contribution in [3.05, 3.63) is 64.2 Å². The summed E-state index contributed by atoms with van der Waals surface area (Å²) in [7, 11) is 0. The van der Waals surface area contributed by atoms with Crippen molar-refractivity contribution in [3.8, 4) is 0 Å². The number of rotatable bonds is 6. The van der Waals surface area contributed by atoms with Gasteiger partial charge in [0.05, 0.1) is 13.0 Å². The van der Waals surface area contributed by atoms with Crippen LogP contribution < -0.4 is 10.6 Å². The van der Waals surface area contributed by atoms with Crippen molar-refractivity contribution in [2.24, 2.45) is 0 Å². The fourth-order valence-electron chi connectivity index (χ4n) is 2.41. The first-order valence-corrected chi connectivity index (χ1v) is 8.27. The van der Waals surface area contributed by atoms with E-state index < -0.39 is 0 Å². The molecule has 0 aliphatic heterocycles. The molecular weight excluding hydrogens is 324 g/mol. The van der Waals surface area contributed by atoms with Gasteiger partial charge in [0.1, 0.15) is 0 Å². The number of benzene rings is 2. The molecule has 0 radical (unpaired) electrons. The maximum Gasteiger partial charge on any atom is 0.243 e. The molecule has 2 aromatic rings. The summed E-state index contributed by atoms with van der Waals surface area (Å²) in [6.45, 7) is 3.94. The quantitative estimate of drug-likeness (QED) is 0.842. The van der Waals surface area contributed by atoms with Crippen molar-refractivity contribution >= 4 is 29.1 Å². The Hall–Kier alpha value is -2.33. The number of anilines is 1. The van der Waals surface area contributed by atoms with Crippen LogP contribution in [0.4, 0.5) is 5.69 Å². The Bertz CT molecular complexity index is 727. The molecule has 0 aromatic heterocycles. The van der Waals surface area contributed by atoms with Gasteiger partial charge in [0.15, 0.2) is 0 Å². The predicted octanol–water partition coefficient (Wildman–Crippen LogP) is 3.51. The molecule has 0 aliphatic carbocycles. The first kappa shape index (κ1) is 18.0. The maximum absolute atomic E-state index is 12.1. The minimum Gasteiger partial charge on any atom is -0.347 e. The van der Waals surface area contributed by atoms with Crippen LogP contribution in [0.25, 0.3) is 0 Å². The van der Waals surface area contributed by atoms with E-state index in [4.69, 9.17) is 11.6 Å². The number of amides is 2. The number of carbonyl (C=O) groups excluding carboxylic acids is 2. The number of carbonyl (C=O) groups is 2. The number of hydrogen-bond acceptors (Lipinski definition) is 2. The van der Waals surface area contributed by atoms with E-state index in [1.807, 2.05) is 32.0 Å². The van der Waals surface area contributed by atoms with Gasteiger partial charge in [-0.05, 0) is 42.2 Å². The highest BCUT2D eigenvalue weighted by Gasteiger charge is 2.10. The van der Waals surface area contributed by atoms with E-state index in [1.165, 1.54) is 0 Å². The highest BCUT2D eigenvalue weighted by Crippen LogP contribution is 2.20. The summed E-state index contributed by atoms with van der Waals surface area (Å²) in [5.74, 6) is -0.434. The lowest BCUT2D eigenvalue weighted by Crippen LogP contribution is -2.34. The maximum atomic E-state index is 12.1. The van der Waals surface area contributed by atoms with E-state index >= 15 is 0 Å². The van der Waals surface area contributed by atoms with E-state index in [9.17, 15) is 9.59 Å². The average Bonchev–Trinajstić information content (AvgIpc) is 2.57. The van der Waals surface area contributed by atoms with Gasteiger partial charge >= 0.3 is 0 Å². The number of nitrogens with one attached hydrogen (secondary N) is 2. The molecule has 5 heteroatoms. The second-order valence-electron chi connectivity index (χ2n) is 5.59. The molecule has 24 heavy (non-hydrogen) atoms. The van der Waals surface area contributed by atoms with Crippen molar-refractivity contribution in [3.63, 3.8) is 0 Å². The smallest absolute Gasteiger partial charge is 0.243 e. The summed E-state index contributed by atoms with van der Waals surface area (Å²) in [4.78, 5) is 24.0. The van der Waals surface area contributed by atoms with Gasteiger partial charge in [-0.25, -0.2) is 0 Å². The molecule has 4 nitrogen and oxygen atoms in total. The predicted molar refractivity (Wildman–Crippen MR) is 97.4 cm³/mol. The van der Waals surface area contributed by atoms with Crippen LogP contribution in [0.2, 0.25) is 5.02 Å². The third-order valence-corrected chi connectivity index (χ3v) is 3.98. The molecule has 0 unspecified atom stereocenters. The van der Waals surface area contributed by atoms with E-state index in [-0.39, 0.29) is 24.8 Å². The summed E-state index contributed by atoms with van der Waals surface area (Å²) >= 11 is 5.81. The van der Waals surface area contributed by atoms with Crippen molar-refractivity contribution in [1.29, 1.82) is 0 Å². The van der Waals surface area contributed by atoms with Gasteiger partial charge in [-0.15, -0.1) is 0 Å². The van der Waals surface area contributed by atoms with Crippen molar-refractivity contribution in [2.45, 2.75) is 26.7 Å². The van der Waals surface area contributed by atoms with Gasteiger partial charge in [-0.3, -0.25) is 9.59 Å². The Morgan fingerprint density at radius 2 is 1.75 bits per heavy atom. The van der Waals surface area contributed by atoms with Gasteiger partial charge in [-0.1, -0.05) is 48.9 Å². The summed E-state index contributed by atoms with van der Waals surface area (Å²) in [5.41, 5.74) is 3.77. The Balaban J connectivity index is 1.87. The molecule has 0 bridgehead atoms. The van der Waals surface area contributed by atoms with Crippen LogP contribution in [0.1, 0.15) is 23.6 Å². The average molecular weight is 345 g/mol. The molecule has 0 saturated carbocycles. The summed E-state index contributed by atoms with van der Waals surface area (Å²) in [6.07, 6.45) is 1.05. The van der Waals surface area contributed by atoms with Gasteiger partial charge in [0.25, 0.3) is 0 Å². The lowest BCUT2D eigenvalue weighted by atomic mass is 10.1. The highest BCUT2D eigenvalue weighted by atomic mass is 35.5. The summed E-state index contributed by atoms with van der Waals surface area (Å²) < 4.78 is 0. The van der Waals surface area contributed by atoms with Crippen molar-refractivity contribution in [2.75, 3.05) is 11.9 Å². The third-order valence-electron chi connectivity index (χ3n) is 3.73. The largest absolute Gasteiger partial charge is 0.347 e. The van der Waals surface area contributed by atoms with Crippen LogP contribution >= 0.6 is 11.6 Å². The SMILES string of the molecule is CCc1cccc(C)c1NC(=O)CNC(=O)Cc1ccc(Cl)cc1. The molecule has 2 rings (SSSR count). The normalized spacial score (nSPS) is 10.3. The van der Waals surface area contributed by atoms with Crippen LogP contribution in [-0.2, 0) is 22.4 Å². The van der Waals surface area contributed by atoms with E-state index in [1.54, 1.807) is 24.3 Å². The topological polar surface area (TPSA) is 58.2 Å². The minimum absolute atomic E-state index is 0.0517. The molecule has 0 fully saturated rings. The van der Waals surface area contributed by atoms with Gasteiger partial charge in [0, 0.05) is 10.7 Å². The molecule has 0 heterocycles. The van der Waals surface area contributed by atoms with Crippen molar-refractivity contribution < 1.29 is 9.59 Å². The minimum atomic E-state index is -0.233. The molecule has 2 amide bonds. The molecule has 0 atom stereocenters. The van der Waals surface area contributed by atoms with E-state index in [0.717, 1.165) is 28.8 Å². The fourth-order valence-corrected chi connectivity index (χ4v) is 2.54. The molecule has 0 saturated heterocycles. The Morgan fingerprint density at radius 1 is 1.04 bits per heavy atom. The van der Waals surface area contributed by atoms with Gasteiger partial charge in [-0.2, -0.15) is 0 Å². The van der Waals surface area contributed by atoms with Crippen LogP contribution in [-0.4, -0.2) is 18.4 Å². The number of halogens is 1. The fraction of sp³-hybridized carbons (Fsp3) is 0.263. The lowest BCUT2D eigenvalue weighted by Gasteiger charge is -2.13. The zero-order chi connectivity index (χ0) is 17.5. The second-order valence-corrected chi connectivity index (χ2v) is 6.03. The molecule has 0 spiro atoms. The van der Waals surface area contributed by atoms with Crippen LogP contribution in [0, 0.1) is 6.92 Å². The highest BCUT2D eigenvalue weighted by molar-refractivity contribution is 6.30. The monoisotopic (exact) mass is 344 g/mol. The van der Waals surface area contributed by atoms with Crippen molar-refractivity contribution in [1.82, 2.24) is 5.32 Å². The molecular formula is C19H21ClN2O2. The van der Waals surface area contributed by atoms with Gasteiger partial charge < -0.3 is 10.6 Å². The summed E-state index contributed by atoms with van der Waals surface area (Å²) in [5, 5.41) is 6.15. The zero-order valence-electron chi connectivity index (χ0n) is 13.9. The van der Waals surface area contributed by atoms with Crippen LogP contribution in [0.3, 0.4) is 0 Å². The standard InChI is InChI=1S/C19H21ClN2O2/c1-3-15-6-4-5-13(2)19(15)22-18(24)12-21-17(23)11-14-7-9-16(20)10-8-14/h4-10H,3,11-12H2,1-2H3,(H,21,23)(H,22,24). The second kappa shape index (κ2) is 8.50. The number of hydrogen-bond donors (Lipinski definition) is 2. The number of aryl methyl sites for hydroxylation is 2. The first-order valence-electron chi connectivity index (χ1n) is 7.89. The summed E-state index contributed by atoms with van der Waals surface area (Å²) in [6, 6.07) is 13.0. The Morgan fingerprint density at radius 3 is 2.42 bits per heavy atom. The Kier molecular flexibility index (Phi) is 6.38.